The van der Waals surface area contributed by atoms with Crippen LogP contribution < -0.4 is 4.90 Å². The molecule has 0 aliphatic carbocycles. The van der Waals surface area contributed by atoms with Gasteiger partial charge in [-0.05, 0) is 70.1 Å². The number of nitrogens with zero attached hydrogens (tertiary/aromatic N) is 1. The molecular weight excluding hydrogens is 504 g/mol. The maximum atomic E-state index is 13.4. The lowest BCUT2D eigenvalue weighted by molar-refractivity contribution is -0.113. The highest BCUT2D eigenvalue weighted by Gasteiger charge is 2.31. The first-order valence-electron chi connectivity index (χ1n) is 8.57. The minimum Gasteiger partial charge on any atom is -0.275 e. The van der Waals surface area contributed by atoms with Crippen molar-refractivity contribution in [1.82, 2.24) is 0 Å². The van der Waals surface area contributed by atoms with Crippen LogP contribution in [0.1, 0.15) is 11.1 Å². The third kappa shape index (κ3) is 3.75. The third-order valence-corrected chi connectivity index (χ3v) is 5.89. The molecule has 1 amide bonds. The van der Waals surface area contributed by atoms with Crippen LogP contribution in [0, 0.1) is 3.57 Å². The van der Waals surface area contributed by atoms with Crippen molar-refractivity contribution in [2.45, 2.75) is 0 Å². The Kier molecular flexibility index (Phi) is 5.58. The number of halogens is 3. The molecule has 3 aromatic carbocycles. The number of para-hydroxylation sites is 1. The summed E-state index contributed by atoms with van der Waals surface area (Å²) in [7, 11) is 0. The number of amides is 1. The summed E-state index contributed by atoms with van der Waals surface area (Å²) >= 11 is 14.6. The summed E-state index contributed by atoms with van der Waals surface area (Å²) in [5, 5.41) is 1.07. The molecular formula is C23H14Cl2INO. The van der Waals surface area contributed by atoms with Gasteiger partial charge in [-0.2, -0.15) is 0 Å². The van der Waals surface area contributed by atoms with E-state index in [1.54, 1.807) is 23.1 Å². The van der Waals surface area contributed by atoms with E-state index in [9.17, 15) is 4.79 Å². The molecule has 0 aromatic heterocycles. The first-order chi connectivity index (χ1) is 13.5. The molecule has 0 unspecified atom stereocenters. The number of hydrogen-bond acceptors (Lipinski definition) is 1. The topological polar surface area (TPSA) is 20.3 Å². The van der Waals surface area contributed by atoms with E-state index in [1.807, 2.05) is 66.7 Å². The van der Waals surface area contributed by atoms with Crippen molar-refractivity contribution in [2.75, 3.05) is 4.90 Å². The molecule has 3 aromatic rings. The van der Waals surface area contributed by atoms with Crippen LogP contribution in [0.25, 0.3) is 11.8 Å². The van der Waals surface area contributed by atoms with Gasteiger partial charge in [-0.1, -0.05) is 71.7 Å². The molecule has 0 radical (unpaired) electrons. The minimum absolute atomic E-state index is 0.0889. The Morgan fingerprint density at radius 3 is 2.32 bits per heavy atom. The summed E-state index contributed by atoms with van der Waals surface area (Å²) in [4.78, 5) is 15.1. The van der Waals surface area contributed by atoms with Crippen LogP contribution in [0.15, 0.2) is 84.4 Å². The summed E-state index contributed by atoms with van der Waals surface area (Å²) in [6, 6.07) is 23.0. The lowest BCUT2D eigenvalue weighted by Gasteiger charge is -2.22. The molecule has 2 nitrogen and oxygen atoms in total. The van der Waals surface area contributed by atoms with Gasteiger partial charge in [-0.25, -0.2) is 0 Å². The summed E-state index contributed by atoms with van der Waals surface area (Å²) in [5.41, 5.74) is 3.99. The maximum Gasteiger partial charge on any atom is 0.262 e. The van der Waals surface area contributed by atoms with Crippen LogP contribution in [0.2, 0.25) is 10.0 Å². The van der Waals surface area contributed by atoms with Gasteiger partial charge in [0.1, 0.15) is 0 Å². The fourth-order valence-electron chi connectivity index (χ4n) is 3.10. The number of carbonyl (C=O) groups excluding carboxylic acids is 1. The summed E-state index contributed by atoms with van der Waals surface area (Å²) in [6.45, 7) is 0. The van der Waals surface area contributed by atoms with E-state index in [0.29, 0.717) is 15.6 Å². The average Bonchev–Trinajstić information content (AvgIpc) is 3.01. The molecule has 0 atom stereocenters. The number of benzene rings is 3. The van der Waals surface area contributed by atoms with Crippen molar-refractivity contribution in [3.63, 3.8) is 0 Å². The predicted molar refractivity (Wildman–Crippen MR) is 126 cm³/mol. The summed E-state index contributed by atoms with van der Waals surface area (Å²) < 4.78 is 1.00. The van der Waals surface area contributed by atoms with Gasteiger partial charge in [0, 0.05) is 19.2 Å². The van der Waals surface area contributed by atoms with E-state index in [1.165, 1.54) is 0 Å². The van der Waals surface area contributed by atoms with Crippen molar-refractivity contribution in [3.05, 3.63) is 109 Å². The van der Waals surface area contributed by atoms with E-state index in [-0.39, 0.29) is 5.91 Å². The molecule has 0 N–H and O–H groups in total. The molecule has 0 saturated heterocycles. The van der Waals surface area contributed by atoms with Crippen LogP contribution in [-0.2, 0) is 4.79 Å². The molecule has 0 fully saturated rings. The zero-order chi connectivity index (χ0) is 19.7. The van der Waals surface area contributed by atoms with Crippen LogP contribution in [0.4, 0.5) is 5.69 Å². The zero-order valence-electron chi connectivity index (χ0n) is 14.6. The third-order valence-electron chi connectivity index (χ3n) is 4.42. The highest BCUT2D eigenvalue weighted by molar-refractivity contribution is 14.1. The molecule has 0 bridgehead atoms. The Balaban J connectivity index is 1.86. The Bertz CT molecular complexity index is 1120. The monoisotopic (exact) mass is 517 g/mol. The van der Waals surface area contributed by atoms with E-state index in [4.69, 9.17) is 23.2 Å². The van der Waals surface area contributed by atoms with Crippen LogP contribution in [0.3, 0.4) is 0 Å². The number of anilines is 1. The highest BCUT2D eigenvalue weighted by Crippen LogP contribution is 2.37. The second-order valence-corrected chi connectivity index (χ2v) is 8.26. The van der Waals surface area contributed by atoms with Crippen LogP contribution >= 0.6 is 45.8 Å². The molecule has 0 saturated carbocycles. The highest BCUT2D eigenvalue weighted by atomic mass is 127. The molecule has 5 heteroatoms. The molecule has 28 heavy (non-hydrogen) atoms. The average molecular weight is 518 g/mol. The van der Waals surface area contributed by atoms with Gasteiger partial charge in [-0.3, -0.25) is 9.69 Å². The van der Waals surface area contributed by atoms with Gasteiger partial charge in [-0.15, -0.1) is 0 Å². The zero-order valence-corrected chi connectivity index (χ0v) is 18.2. The second kappa shape index (κ2) is 8.11. The summed E-state index contributed by atoms with van der Waals surface area (Å²) in [5.74, 6) is -0.0889. The van der Waals surface area contributed by atoms with Gasteiger partial charge >= 0.3 is 0 Å². The first kappa shape index (κ1) is 19.2. The predicted octanol–water partition coefficient (Wildman–Crippen LogP) is 7.07. The standard InChI is InChI=1S/C23H14Cl2INO/c24-18-11-10-16(19(25)14-18)12-17-13-22(15-6-2-1-3-7-15)27(23(17)28)21-9-5-4-8-20(21)26/h1-14H/b17-12+. The fraction of sp³-hybridized carbons (Fsp3) is 0. The lowest BCUT2D eigenvalue weighted by Crippen LogP contribution is -2.25. The number of hydrogen-bond donors (Lipinski definition) is 0. The van der Waals surface area contributed by atoms with Crippen molar-refractivity contribution in [2.24, 2.45) is 0 Å². The van der Waals surface area contributed by atoms with Gasteiger partial charge in [0.15, 0.2) is 0 Å². The van der Waals surface area contributed by atoms with E-state index in [0.717, 1.165) is 26.1 Å². The molecule has 138 valence electrons. The van der Waals surface area contributed by atoms with Crippen LogP contribution in [-0.4, -0.2) is 5.91 Å². The van der Waals surface area contributed by atoms with Gasteiger partial charge in [0.2, 0.25) is 0 Å². The molecule has 1 aliphatic rings. The molecule has 1 aliphatic heterocycles. The second-order valence-electron chi connectivity index (χ2n) is 6.25. The van der Waals surface area contributed by atoms with E-state index >= 15 is 0 Å². The minimum atomic E-state index is -0.0889. The van der Waals surface area contributed by atoms with Crippen molar-refractivity contribution >= 4 is 69.2 Å². The number of rotatable bonds is 3. The fourth-order valence-corrected chi connectivity index (χ4v) is 4.19. The maximum absolute atomic E-state index is 13.4. The molecule has 4 rings (SSSR count). The largest absolute Gasteiger partial charge is 0.275 e. The van der Waals surface area contributed by atoms with Crippen molar-refractivity contribution < 1.29 is 4.79 Å². The van der Waals surface area contributed by atoms with E-state index < -0.39 is 0 Å². The Labute approximate surface area is 187 Å². The van der Waals surface area contributed by atoms with Gasteiger partial charge < -0.3 is 0 Å². The Morgan fingerprint density at radius 1 is 0.893 bits per heavy atom. The van der Waals surface area contributed by atoms with Crippen molar-refractivity contribution in [3.8, 4) is 0 Å². The quantitative estimate of drug-likeness (QED) is 0.269. The van der Waals surface area contributed by atoms with Crippen molar-refractivity contribution in [1.29, 1.82) is 0 Å². The molecule has 0 spiro atoms. The lowest BCUT2D eigenvalue weighted by atomic mass is 10.1. The van der Waals surface area contributed by atoms with Gasteiger partial charge in [0.05, 0.1) is 11.4 Å². The summed E-state index contributed by atoms with van der Waals surface area (Å²) in [6.07, 6.45) is 3.71. The van der Waals surface area contributed by atoms with E-state index in [2.05, 4.69) is 22.6 Å². The smallest absolute Gasteiger partial charge is 0.262 e. The van der Waals surface area contributed by atoms with Crippen LogP contribution in [0.5, 0.6) is 0 Å². The Morgan fingerprint density at radius 2 is 1.61 bits per heavy atom. The first-order valence-corrected chi connectivity index (χ1v) is 10.4. The Hall–Kier alpha value is -2.08. The number of carbonyl (C=O) groups is 1. The van der Waals surface area contributed by atoms with Gasteiger partial charge in [0.25, 0.3) is 5.91 Å². The SMILES string of the molecule is O=C1/C(=C/c2ccc(Cl)cc2Cl)C=C(c2ccccc2)N1c1ccccc1I. The molecule has 1 heterocycles. The normalized spacial score (nSPS) is 15.2.